The first-order valence-electron chi connectivity index (χ1n) is 10.5. The van der Waals surface area contributed by atoms with Crippen LogP contribution < -0.4 is 15.0 Å². The highest BCUT2D eigenvalue weighted by Gasteiger charge is 2.21. The van der Waals surface area contributed by atoms with Crippen LogP contribution in [-0.2, 0) is 9.59 Å². The first kappa shape index (κ1) is 21.7. The smallest absolute Gasteiger partial charge is 0.262 e. The molecule has 1 heterocycles. The SMILES string of the molecule is Cc1ccccc1OCC(=O)Nc1ccc(N2CCN(C(=O)CC(C)C)CC2)cc1. The van der Waals surface area contributed by atoms with Gasteiger partial charge in [0.15, 0.2) is 6.61 Å². The Labute approximate surface area is 178 Å². The molecule has 0 saturated carbocycles. The zero-order valence-electron chi connectivity index (χ0n) is 18.1. The maximum atomic E-state index is 12.2. The third-order valence-corrected chi connectivity index (χ3v) is 5.18. The fraction of sp³-hybridized carbons (Fsp3) is 0.417. The third-order valence-electron chi connectivity index (χ3n) is 5.18. The summed E-state index contributed by atoms with van der Waals surface area (Å²) in [5, 5.41) is 2.87. The molecular formula is C24H31N3O3. The number of carbonyl (C=O) groups is 2. The van der Waals surface area contributed by atoms with E-state index in [-0.39, 0.29) is 18.4 Å². The number of hydrogen-bond donors (Lipinski definition) is 1. The number of para-hydroxylation sites is 1. The fourth-order valence-electron chi connectivity index (χ4n) is 3.51. The number of nitrogens with zero attached hydrogens (tertiary/aromatic N) is 2. The summed E-state index contributed by atoms with van der Waals surface area (Å²) in [5.74, 6) is 1.16. The molecule has 1 aliphatic rings. The number of benzene rings is 2. The van der Waals surface area contributed by atoms with Crippen LogP contribution in [0.1, 0.15) is 25.8 Å². The van der Waals surface area contributed by atoms with Gasteiger partial charge in [-0.15, -0.1) is 0 Å². The lowest BCUT2D eigenvalue weighted by molar-refractivity contribution is -0.132. The van der Waals surface area contributed by atoms with Crippen molar-refractivity contribution in [2.24, 2.45) is 5.92 Å². The van der Waals surface area contributed by atoms with E-state index in [1.807, 2.05) is 60.4 Å². The third kappa shape index (κ3) is 5.99. The van der Waals surface area contributed by atoms with Crippen molar-refractivity contribution in [3.8, 4) is 5.75 Å². The van der Waals surface area contributed by atoms with Crippen LogP contribution in [0.2, 0.25) is 0 Å². The van der Waals surface area contributed by atoms with Gasteiger partial charge in [0.25, 0.3) is 5.91 Å². The molecule has 2 amide bonds. The summed E-state index contributed by atoms with van der Waals surface area (Å²) in [6, 6.07) is 15.4. The molecule has 1 N–H and O–H groups in total. The van der Waals surface area contributed by atoms with E-state index in [4.69, 9.17) is 4.74 Å². The van der Waals surface area contributed by atoms with E-state index >= 15 is 0 Å². The number of amides is 2. The van der Waals surface area contributed by atoms with Gasteiger partial charge in [0.2, 0.25) is 5.91 Å². The maximum absolute atomic E-state index is 12.2. The van der Waals surface area contributed by atoms with Crippen LogP contribution in [0.25, 0.3) is 0 Å². The molecule has 0 aliphatic carbocycles. The van der Waals surface area contributed by atoms with Crippen LogP contribution in [0.3, 0.4) is 0 Å². The van der Waals surface area contributed by atoms with Gasteiger partial charge in [-0.25, -0.2) is 0 Å². The van der Waals surface area contributed by atoms with Crippen molar-refractivity contribution in [2.75, 3.05) is 43.0 Å². The van der Waals surface area contributed by atoms with Crippen molar-refractivity contribution in [1.29, 1.82) is 0 Å². The summed E-state index contributed by atoms with van der Waals surface area (Å²) >= 11 is 0. The minimum atomic E-state index is -0.191. The van der Waals surface area contributed by atoms with Crippen LogP contribution >= 0.6 is 0 Å². The minimum Gasteiger partial charge on any atom is -0.483 e. The lowest BCUT2D eigenvalue weighted by atomic mass is 10.1. The van der Waals surface area contributed by atoms with Gasteiger partial charge in [-0.2, -0.15) is 0 Å². The Hall–Kier alpha value is -3.02. The number of ether oxygens (including phenoxy) is 1. The standard InChI is InChI=1S/C24H31N3O3/c1-18(2)16-24(29)27-14-12-26(13-15-27)21-10-8-20(9-11-21)25-23(28)17-30-22-7-5-4-6-19(22)3/h4-11,18H,12-17H2,1-3H3,(H,25,28). The molecule has 6 nitrogen and oxygen atoms in total. The van der Waals surface area contributed by atoms with Gasteiger partial charge in [-0.3, -0.25) is 9.59 Å². The molecule has 0 spiro atoms. The molecule has 1 saturated heterocycles. The molecule has 0 radical (unpaired) electrons. The van der Waals surface area contributed by atoms with Gasteiger partial charge in [-0.05, 0) is 48.7 Å². The van der Waals surface area contributed by atoms with Gasteiger partial charge < -0.3 is 19.9 Å². The van der Waals surface area contributed by atoms with Crippen LogP contribution in [0.5, 0.6) is 5.75 Å². The Balaban J connectivity index is 1.46. The molecule has 6 heteroatoms. The Morgan fingerprint density at radius 2 is 1.67 bits per heavy atom. The van der Waals surface area contributed by atoms with Gasteiger partial charge in [0, 0.05) is 44.0 Å². The van der Waals surface area contributed by atoms with Crippen LogP contribution in [0, 0.1) is 12.8 Å². The Morgan fingerprint density at radius 1 is 1.00 bits per heavy atom. The summed E-state index contributed by atoms with van der Waals surface area (Å²) in [7, 11) is 0. The highest BCUT2D eigenvalue weighted by molar-refractivity contribution is 5.92. The number of hydrogen-bond acceptors (Lipinski definition) is 4. The Kier molecular flexibility index (Phi) is 7.33. The van der Waals surface area contributed by atoms with E-state index in [1.54, 1.807) is 0 Å². The molecular weight excluding hydrogens is 378 g/mol. The van der Waals surface area contributed by atoms with Gasteiger partial charge >= 0.3 is 0 Å². The van der Waals surface area contributed by atoms with Crippen molar-refractivity contribution in [2.45, 2.75) is 27.2 Å². The average molecular weight is 410 g/mol. The number of rotatable bonds is 7. The zero-order chi connectivity index (χ0) is 21.5. The van der Waals surface area contributed by atoms with E-state index in [1.165, 1.54) is 0 Å². The number of nitrogens with one attached hydrogen (secondary N) is 1. The molecule has 2 aromatic carbocycles. The zero-order valence-corrected chi connectivity index (χ0v) is 18.1. The van der Waals surface area contributed by atoms with E-state index in [0.29, 0.717) is 18.1 Å². The predicted molar refractivity (Wildman–Crippen MR) is 120 cm³/mol. The first-order valence-corrected chi connectivity index (χ1v) is 10.5. The van der Waals surface area contributed by atoms with Crippen molar-refractivity contribution in [1.82, 2.24) is 4.90 Å². The topological polar surface area (TPSA) is 61.9 Å². The Bertz CT molecular complexity index is 856. The number of piperazine rings is 1. The predicted octanol–water partition coefficient (Wildman–Crippen LogP) is 3.71. The van der Waals surface area contributed by atoms with Crippen molar-refractivity contribution in [3.05, 3.63) is 54.1 Å². The molecule has 1 fully saturated rings. The van der Waals surface area contributed by atoms with E-state index < -0.39 is 0 Å². The second-order valence-electron chi connectivity index (χ2n) is 8.12. The highest BCUT2D eigenvalue weighted by atomic mass is 16.5. The van der Waals surface area contributed by atoms with E-state index in [2.05, 4.69) is 24.1 Å². The van der Waals surface area contributed by atoms with Gasteiger partial charge in [0.05, 0.1) is 0 Å². The molecule has 1 aliphatic heterocycles. The van der Waals surface area contributed by atoms with Crippen LogP contribution in [-0.4, -0.2) is 49.5 Å². The number of anilines is 2. The van der Waals surface area contributed by atoms with Gasteiger partial charge in [-0.1, -0.05) is 32.0 Å². The molecule has 160 valence electrons. The summed E-state index contributed by atoms with van der Waals surface area (Å²) in [6.07, 6.45) is 0.613. The molecule has 2 aromatic rings. The quantitative estimate of drug-likeness (QED) is 0.757. The maximum Gasteiger partial charge on any atom is 0.262 e. The molecule has 3 rings (SSSR count). The molecule has 0 unspecified atom stereocenters. The summed E-state index contributed by atoms with van der Waals surface area (Å²) in [5.41, 5.74) is 2.84. The molecule has 0 bridgehead atoms. The van der Waals surface area contributed by atoms with Crippen molar-refractivity contribution in [3.63, 3.8) is 0 Å². The molecule has 0 atom stereocenters. The average Bonchev–Trinajstić information content (AvgIpc) is 2.73. The first-order chi connectivity index (χ1) is 14.4. The molecule has 30 heavy (non-hydrogen) atoms. The second kappa shape index (κ2) is 10.1. The largest absolute Gasteiger partial charge is 0.483 e. The molecule has 0 aromatic heterocycles. The minimum absolute atomic E-state index is 0.0288. The normalized spacial score (nSPS) is 14.0. The van der Waals surface area contributed by atoms with Crippen LogP contribution in [0.15, 0.2) is 48.5 Å². The Morgan fingerprint density at radius 3 is 2.30 bits per heavy atom. The lowest BCUT2D eigenvalue weighted by Crippen LogP contribution is -2.49. The van der Waals surface area contributed by atoms with E-state index in [9.17, 15) is 9.59 Å². The summed E-state index contributed by atoms with van der Waals surface area (Å²) in [4.78, 5) is 28.6. The fourth-order valence-corrected chi connectivity index (χ4v) is 3.51. The van der Waals surface area contributed by atoms with Gasteiger partial charge in [0.1, 0.15) is 5.75 Å². The van der Waals surface area contributed by atoms with Crippen LogP contribution in [0.4, 0.5) is 11.4 Å². The summed E-state index contributed by atoms with van der Waals surface area (Å²) < 4.78 is 5.59. The monoisotopic (exact) mass is 409 g/mol. The van der Waals surface area contributed by atoms with Crippen molar-refractivity contribution >= 4 is 23.2 Å². The van der Waals surface area contributed by atoms with Crippen molar-refractivity contribution < 1.29 is 14.3 Å². The highest BCUT2D eigenvalue weighted by Crippen LogP contribution is 2.20. The number of carbonyl (C=O) groups excluding carboxylic acids is 2. The number of aryl methyl sites for hydroxylation is 1. The lowest BCUT2D eigenvalue weighted by Gasteiger charge is -2.36. The summed E-state index contributed by atoms with van der Waals surface area (Å²) in [6.45, 7) is 9.21. The van der Waals surface area contributed by atoms with E-state index in [0.717, 1.165) is 43.1 Å². The second-order valence-corrected chi connectivity index (χ2v) is 8.12.